The van der Waals surface area contributed by atoms with Crippen molar-refractivity contribution in [3.05, 3.63) is 59.4 Å². The van der Waals surface area contributed by atoms with Gasteiger partial charge in [0.05, 0.1) is 6.20 Å². The van der Waals surface area contributed by atoms with Gasteiger partial charge in [-0.3, -0.25) is 9.88 Å². The van der Waals surface area contributed by atoms with E-state index in [1.807, 2.05) is 12.3 Å². The number of aromatic nitrogens is 1. The van der Waals surface area contributed by atoms with Crippen molar-refractivity contribution < 1.29 is 13.5 Å². The maximum absolute atomic E-state index is 13.2. The smallest absolute Gasteiger partial charge is 0.138 e. The lowest BCUT2D eigenvalue weighted by molar-refractivity contribution is 0.297. The zero-order valence-corrected chi connectivity index (χ0v) is 12.4. The van der Waals surface area contributed by atoms with Gasteiger partial charge in [0.15, 0.2) is 0 Å². The first-order valence-electron chi connectivity index (χ1n) is 7.35. The number of hydrogen-bond donors (Lipinski definition) is 0. The third-order valence-corrected chi connectivity index (χ3v) is 3.97. The SMILES string of the molecule is CN1CCCC1c1cncc(OCc2cc(F)cc(F)c2)c1. The minimum Gasteiger partial charge on any atom is -0.487 e. The van der Waals surface area contributed by atoms with Crippen LogP contribution in [0, 0.1) is 11.6 Å². The summed E-state index contributed by atoms with van der Waals surface area (Å²) < 4.78 is 31.9. The van der Waals surface area contributed by atoms with E-state index in [1.54, 1.807) is 6.20 Å². The van der Waals surface area contributed by atoms with Crippen molar-refractivity contribution >= 4 is 0 Å². The lowest BCUT2D eigenvalue weighted by Crippen LogP contribution is -2.17. The molecule has 1 atom stereocenters. The first-order chi connectivity index (χ1) is 10.6. The van der Waals surface area contributed by atoms with Crippen molar-refractivity contribution in [3.8, 4) is 5.75 Å². The Morgan fingerprint density at radius 1 is 1.18 bits per heavy atom. The molecule has 1 aliphatic heterocycles. The molecule has 22 heavy (non-hydrogen) atoms. The number of hydrogen-bond acceptors (Lipinski definition) is 3. The summed E-state index contributed by atoms with van der Waals surface area (Å²) in [5, 5.41) is 0. The lowest BCUT2D eigenvalue weighted by atomic mass is 10.1. The highest BCUT2D eigenvalue weighted by Crippen LogP contribution is 2.31. The first kappa shape index (κ1) is 14.9. The molecule has 116 valence electrons. The predicted octanol–water partition coefficient (Wildman–Crippen LogP) is 3.71. The topological polar surface area (TPSA) is 25.4 Å². The Morgan fingerprint density at radius 2 is 1.95 bits per heavy atom. The molecule has 1 saturated heterocycles. The first-order valence-corrected chi connectivity index (χ1v) is 7.35. The molecule has 0 amide bonds. The summed E-state index contributed by atoms with van der Waals surface area (Å²) in [7, 11) is 2.10. The van der Waals surface area contributed by atoms with Gasteiger partial charge in [0.25, 0.3) is 0 Å². The van der Waals surface area contributed by atoms with E-state index in [2.05, 4.69) is 16.9 Å². The van der Waals surface area contributed by atoms with Crippen LogP contribution in [0.1, 0.15) is 30.0 Å². The average Bonchev–Trinajstić information content (AvgIpc) is 2.91. The standard InChI is InChI=1S/C17H18F2N2O/c1-21-4-2-3-17(21)13-7-16(10-20-9-13)22-11-12-5-14(18)8-15(19)6-12/h5-10,17H,2-4,11H2,1H3. The van der Waals surface area contributed by atoms with Crippen LogP contribution in [0.4, 0.5) is 8.78 Å². The van der Waals surface area contributed by atoms with Crippen LogP contribution in [0.15, 0.2) is 36.7 Å². The van der Waals surface area contributed by atoms with Crippen molar-refractivity contribution in [2.75, 3.05) is 13.6 Å². The molecule has 0 spiro atoms. The maximum atomic E-state index is 13.2. The van der Waals surface area contributed by atoms with Crippen molar-refractivity contribution in [2.45, 2.75) is 25.5 Å². The fourth-order valence-corrected chi connectivity index (χ4v) is 2.89. The van der Waals surface area contributed by atoms with Crippen LogP contribution in [-0.4, -0.2) is 23.5 Å². The van der Waals surface area contributed by atoms with Gasteiger partial charge >= 0.3 is 0 Å². The number of pyridine rings is 1. The highest BCUT2D eigenvalue weighted by Gasteiger charge is 2.23. The Balaban J connectivity index is 1.70. The largest absolute Gasteiger partial charge is 0.487 e. The number of nitrogens with zero attached hydrogens (tertiary/aromatic N) is 2. The van der Waals surface area contributed by atoms with E-state index in [1.165, 1.54) is 18.6 Å². The molecule has 0 bridgehead atoms. The van der Waals surface area contributed by atoms with Crippen molar-refractivity contribution in [2.24, 2.45) is 0 Å². The predicted molar refractivity (Wildman–Crippen MR) is 79.5 cm³/mol. The molecule has 1 aromatic carbocycles. The Hall–Kier alpha value is -2.01. The van der Waals surface area contributed by atoms with E-state index in [0.29, 0.717) is 17.4 Å². The van der Waals surface area contributed by atoms with Crippen LogP contribution in [0.5, 0.6) is 5.75 Å². The Kier molecular flexibility index (Phi) is 4.34. The van der Waals surface area contributed by atoms with Crippen LogP contribution in [0.3, 0.4) is 0 Å². The van der Waals surface area contributed by atoms with E-state index < -0.39 is 11.6 Å². The molecule has 1 aromatic heterocycles. The van der Waals surface area contributed by atoms with Gasteiger partial charge in [-0.2, -0.15) is 0 Å². The van der Waals surface area contributed by atoms with Crippen LogP contribution >= 0.6 is 0 Å². The molecule has 5 heteroatoms. The van der Waals surface area contributed by atoms with Gasteiger partial charge in [0.2, 0.25) is 0 Å². The minimum absolute atomic E-state index is 0.111. The van der Waals surface area contributed by atoms with Gasteiger partial charge < -0.3 is 4.74 Å². The minimum atomic E-state index is -0.599. The summed E-state index contributed by atoms with van der Waals surface area (Å²) in [6.07, 6.45) is 5.75. The van der Waals surface area contributed by atoms with Crippen molar-refractivity contribution in [1.29, 1.82) is 0 Å². The molecule has 2 heterocycles. The lowest BCUT2D eigenvalue weighted by Gasteiger charge is -2.19. The van der Waals surface area contributed by atoms with Crippen LogP contribution in [0.2, 0.25) is 0 Å². The summed E-state index contributed by atoms with van der Waals surface area (Å²) in [6, 6.07) is 5.70. The molecule has 3 rings (SSSR count). The van der Waals surface area contributed by atoms with Gasteiger partial charge in [-0.25, -0.2) is 8.78 Å². The van der Waals surface area contributed by atoms with E-state index in [-0.39, 0.29) is 6.61 Å². The molecule has 0 saturated carbocycles. The number of benzene rings is 1. The molecule has 0 radical (unpaired) electrons. The summed E-state index contributed by atoms with van der Waals surface area (Å²) in [5.74, 6) is -0.585. The second-order valence-corrected chi connectivity index (χ2v) is 5.66. The Bertz CT molecular complexity index is 643. The van der Waals surface area contributed by atoms with Crippen LogP contribution < -0.4 is 4.74 Å². The molecule has 0 aliphatic carbocycles. The fourth-order valence-electron chi connectivity index (χ4n) is 2.89. The highest BCUT2D eigenvalue weighted by molar-refractivity contribution is 5.27. The molecule has 1 unspecified atom stereocenters. The van der Waals surface area contributed by atoms with Crippen LogP contribution in [0.25, 0.3) is 0 Å². The Labute approximate surface area is 128 Å². The van der Waals surface area contributed by atoms with E-state index >= 15 is 0 Å². The van der Waals surface area contributed by atoms with E-state index in [4.69, 9.17) is 4.74 Å². The third-order valence-electron chi connectivity index (χ3n) is 3.97. The second kappa shape index (κ2) is 6.40. The summed E-state index contributed by atoms with van der Waals surface area (Å²) in [6.45, 7) is 1.19. The van der Waals surface area contributed by atoms with E-state index in [9.17, 15) is 8.78 Å². The number of ether oxygens (including phenoxy) is 1. The monoisotopic (exact) mass is 304 g/mol. The number of rotatable bonds is 4. The molecular formula is C17H18F2N2O. The maximum Gasteiger partial charge on any atom is 0.138 e. The number of halogens is 2. The normalized spacial score (nSPS) is 18.6. The van der Waals surface area contributed by atoms with Gasteiger partial charge in [-0.1, -0.05) is 0 Å². The molecule has 2 aromatic rings. The van der Waals surface area contributed by atoms with Gasteiger partial charge in [0.1, 0.15) is 24.0 Å². The molecule has 1 fully saturated rings. The van der Waals surface area contributed by atoms with Gasteiger partial charge in [-0.15, -0.1) is 0 Å². The molecule has 0 N–H and O–H groups in total. The highest BCUT2D eigenvalue weighted by atomic mass is 19.1. The zero-order valence-electron chi connectivity index (χ0n) is 12.4. The van der Waals surface area contributed by atoms with Gasteiger partial charge in [-0.05, 0) is 55.8 Å². The zero-order chi connectivity index (χ0) is 15.5. The Morgan fingerprint density at radius 3 is 2.64 bits per heavy atom. The third kappa shape index (κ3) is 3.42. The average molecular weight is 304 g/mol. The van der Waals surface area contributed by atoms with Gasteiger partial charge in [0, 0.05) is 18.3 Å². The summed E-state index contributed by atoms with van der Waals surface area (Å²) in [4.78, 5) is 6.51. The molecular weight excluding hydrogens is 286 g/mol. The summed E-state index contributed by atoms with van der Waals surface area (Å²) in [5.41, 5.74) is 1.57. The molecule has 3 nitrogen and oxygen atoms in total. The van der Waals surface area contributed by atoms with E-state index in [0.717, 1.165) is 24.6 Å². The second-order valence-electron chi connectivity index (χ2n) is 5.66. The summed E-state index contributed by atoms with van der Waals surface area (Å²) >= 11 is 0. The quantitative estimate of drug-likeness (QED) is 0.861. The van der Waals surface area contributed by atoms with Crippen molar-refractivity contribution in [1.82, 2.24) is 9.88 Å². The van der Waals surface area contributed by atoms with Crippen LogP contribution in [-0.2, 0) is 6.61 Å². The fraction of sp³-hybridized carbons (Fsp3) is 0.353. The number of likely N-dealkylation sites (tertiary alicyclic amines) is 1. The van der Waals surface area contributed by atoms with Crippen molar-refractivity contribution in [3.63, 3.8) is 0 Å². The molecule has 1 aliphatic rings.